The van der Waals surface area contributed by atoms with E-state index in [-0.39, 0.29) is 10.8 Å². The molecule has 2 heteroatoms. The molecule has 124 valence electrons. The lowest BCUT2D eigenvalue weighted by atomic mass is 9.67. The number of rotatable bonds is 6. The first-order valence-corrected chi connectivity index (χ1v) is 8.67. The average molecular weight is 304 g/mol. The third kappa shape index (κ3) is 3.08. The first-order chi connectivity index (χ1) is 10.1. The van der Waals surface area contributed by atoms with E-state index in [1.165, 1.54) is 12.0 Å². The van der Waals surface area contributed by atoms with E-state index in [2.05, 4.69) is 39.8 Å². The van der Waals surface area contributed by atoms with Crippen molar-refractivity contribution in [1.29, 1.82) is 0 Å². The van der Waals surface area contributed by atoms with Crippen molar-refractivity contribution < 1.29 is 9.90 Å². The van der Waals surface area contributed by atoms with E-state index in [9.17, 15) is 9.90 Å². The smallest absolute Gasteiger partial charge is 0.140 e. The number of ketones is 1. The maximum absolute atomic E-state index is 12.5. The Labute approximate surface area is 135 Å². The molecule has 3 atom stereocenters. The fourth-order valence-corrected chi connectivity index (χ4v) is 4.50. The van der Waals surface area contributed by atoms with Gasteiger partial charge in [-0.25, -0.2) is 0 Å². The fourth-order valence-electron chi connectivity index (χ4n) is 4.50. The van der Waals surface area contributed by atoms with Crippen molar-refractivity contribution in [2.45, 2.75) is 78.7 Å². The molecule has 0 aromatic heterocycles. The summed E-state index contributed by atoms with van der Waals surface area (Å²) in [7, 11) is 0. The van der Waals surface area contributed by atoms with Gasteiger partial charge in [-0.05, 0) is 64.2 Å². The van der Waals surface area contributed by atoms with Crippen molar-refractivity contribution in [3.05, 3.63) is 23.8 Å². The van der Waals surface area contributed by atoms with Crippen LogP contribution in [0, 0.1) is 16.7 Å². The lowest BCUT2D eigenvalue weighted by Crippen LogP contribution is -2.35. The minimum Gasteiger partial charge on any atom is -0.386 e. The summed E-state index contributed by atoms with van der Waals surface area (Å²) in [5.41, 5.74) is 0.438. The van der Waals surface area contributed by atoms with Gasteiger partial charge in [0.2, 0.25) is 0 Å². The van der Waals surface area contributed by atoms with Gasteiger partial charge < -0.3 is 5.11 Å². The number of hydrogen-bond donors (Lipinski definition) is 1. The lowest BCUT2D eigenvalue weighted by Gasteiger charge is -2.36. The predicted molar refractivity (Wildman–Crippen MR) is 91.6 cm³/mol. The van der Waals surface area contributed by atoms with Crippen LogP contribution in [-0.4, -0.2) is 16.5 Å². The van der Waals surface area contributed by atoms with Gasteiger partial charge in [0.25, 0.3) is 0 Å². The summed E-state index contributed by atoms with van der Waals surface area (Å²) >= 11 is 0. The molecule has 2 aliphatic carbocycles. The molecule has 0 radical (unpaired) electrons. The molecule has 0 aliphatic heterocycles. The monoisotopic (exact) mass is 304 g/mol. The molecular weight excluding hydrogens is 272 g/mol. The number of allylic oxidation sites excluding steroid dienone is 3. The van der Waals surface area contributed by atoms with Gasteiger partial charge in [0.15, 0.2) is 0 Å². The van der Waals surface area contributed by atoms with E-state index in [0.29, 0.717) is 11.7 Å². The molecule has 0 spiro atoms. The van der Waals surface area contributed by atoms with E-state index in [1.54, 1.807) is 0 Å². The largest absolute Gasteiger partial charge is 0.386 e. The Morgan fingerprint density at radius 2 is 2.09 bits per heavy atom. The zero-order valence-corrected chi connectivity index (χ0v) is 14.9. The van der Waals surface area contributed by atoms with Gasteiger partial charge in [0.1, 0.15) is 5.78 Å². The van der Waals surface area contributed by atoms with Gasteiger partial charge in [-0.2, -0.15) is 0 Å². The summed E-state index contributed by atoms with van der Waals surface area (Å²) in [5, 5.41) is 10.5. The van der Waals surface area contributed by atoms with E-state index < -0.39 is 5.60 Å². The normalized spacial score (nSPS) is 32.5. The molecule has 0 heterocycles. The minimum absolute atomic E-state index is 0.113. The highest BCUT2D eigenvalue weighted by atomic mass is 16.3. The zero-order valence-electron chi connectivity index (χ0n) is 14.9. The van der Waals surface area contributed by atoms with Gasteiger partial charge in [-0.1, -0.05) is 37.6 Å². The van der Waals surface area contributed by atoms with Gasteiger partial charge in [0, 0.05) is 11.8 Å². The van der Waals surface area contributed by atoms with E-state index in [1.807, 2.05) is 13.0 Å². The highest BCUT2D eigenvalue weighted by molar-refractivity contribution is 5.89. The highest BCUT2D eigenvalue weighted by Crippen LogP contribution is 2.65. The molecule has 22 heavy (non-hydrogen) atoms. The molecule has 2 fully saturated rings. The fraction of sp³-hybridized carbons (Fsp3) is 0.750. The number of carbonyl (C=O) groups excluding carboxylic acids is 1. The summed E-state index contributed by atoms with van der Waals surface area (Å²) in [6, 6.07) is 0. The van der Waals surface area contributed by atoms with Crippen LogP contribution in [0.4, 0.5) is 0 Å². The Morgan fingerprint density at radius 3 is 2.59 bits per heavy atom. The van der Waals surface area contributed by atoms with Crippen molar-refractivity contribution in [1.82, 2.24) is 0 Å². The van der Waals surface area contributed by atoms with Crippen molar-refractivity contribution in [3.63, 3.8) is 0 Å². The number of Topliss-reactive ketones (excluding diaryl/α,β-unsaturated/α-hetero) is 1. The maximum atomic E-state index is 12.5. The van der Waals surface area contributed by atoms with Crippen LogP contribution in [0.3, 0.4) is 0 Å². The number of carbonyl (C=O) groups is 1. The molecule has 2 bridgehead atoms. The Hall–Kier alpha value is -0.890. The van der Waals surface area contributed by atoms with Crippen LogP contribution in [-0.2, 0) is 4.79 Å². The van der Waals surface area contributed by atoms with Crippen molar-refractivity contribution in [2.75, 3.05) is 0 Å². The van der Waals surface area contributed by atoms with E-state index in [4.69, 9.17) is 0 Å². The molecule has 2 saturated carbocycles. The Balaban J connectivity index is 1.99. The molecule has 1 N–H and O–H groups in total. The molecule has 3 unspecified atom stereocenters. The first kappa shape index (κ1) is 17.5. The summed E-state index contributed by atoms with van der Waals surface area (Å²) in [6.07, 6.45) is 11.5. The topological polar surface area (TPSA) is 37.3 Å². The second kappa shape index (κ2) is 5.96. The van der Waals surface area contributed by atoms with E-state index >= 15 is 0 Å². The standard InChI is InChI=1S/C20H32O2/c1-15(2)8-6-10-19(5,22)11-7-12-20-13-9-16(14-17(20)21)18(20,3)4/h7-8,11,16,22H,6,9-10,12-14H2,1-5H3. The average Bonchev–Trinajstić information content (AvgIpc) is 2.72. The Bertz CT molecular complexity index is 492. The van der Waals surface area contributed by atoms with Crippen LogP contribution in [0.25, 0.3) is 0 Å². The zero-order chi connectivity index (χ0) is 16.6. The molecule has 2 rings (SSSR count). The van der Waals surface area contributed by atoms with Gasteiger partial charge in [-0.3, -0.25) is 4.79 Å². The Morgan fingerprint density at radius 1 is 1.41 bits per heavy atom. The van der Waals surface area contributed by atoms with Gasteiger partial charge >= 0.3 is 0 Å². The second-order valence-electron chi connectivity index (χ2n) is 8.45. The second-order valence-corrected chi connectivity index (χ2v) is 8.45. The third-order valence-electron chi connectivity index (χ3n) is 6.29. The van der Waals surface area contributed by atoms with Gasteiger partial charge in [0.05, 0.1) is 5.60 Å². The molecule has 0 saturated heterocycles. The maximum Gasteiger partial charge on any atom is 0.140 e. The summed E-state index contributed by atoms with van der Waals surface area (Å²) < 4.78 is 0. The Kier molecular flexibility index (Phi) is 4.73. The first-order valence-electron chi connectivity index (χ1n) is 8.67. The minimum atomic E-state index is -0.785. The third-order valence-corrected chi connectivity index (χ3v) is 6.29. The SMILES string of the molecule is CC(C)=CCCC(C)(O)C=CCC12CCC(CC1=O)C2(C)C. The van der Waals surface area contributed by atoms with Crippen LogP contribution in [0.15, 0.2) is 23.8 Å². The quantitative estimate of drug-likeness (QED) is 0.714. The molecular formula is C20H32O2. The number of fused-ring (bicyclic) bond motifs is 2. The predicted octanol–water partition coefficient (Wildman–Crippen LogP) is 4.83. The van der Waals surface area contributed by atoms with Crippen LogP contribution in [0.2, 0.25) is 0 Å². The number of hydrogen-bond acceptors (Lipinski definition) is 2. The molecule has 0 aromatic carbocycles. The van der Waals surface area contributed by atoms with Crippen LogP contribution >= 0.6 is 0 Å². The van der Waals surface area contributed by atoms with Crippen molar-refractivity contribution in [3.8, 4) is 0 Å². The van der Waals surface area contributed by atoms with Crippen molar-refractivity contribution in [2.24, 2.45) is 16.7 Å². The molecule has 2 nitrogen and oxygen atoms in total. The summed E-state index contributed by atoms with van der Waals surface area (Å²) in [6.45, 7) is 10.5. The van der Waals surface area contributed by atoms with E-state index in [0.717, 1.165) is 32.1 Å². The van der Waals surface area contributed by atoms with Crippen molar-refractivity contribution >= 4 is 5.78 Å². The van der Waals surface area contributed by atoms with Crippen LogP contribution in [0.1, 0.15) is 73.1 Å². The van der Waals surface area contributed by atoms with Crippen LogP contribution in [0.5, 0.6) is 0 Å². The highest BCUT2D eigenvalue weighted by Gasteiger charge is 2.63. The summed E-state index contributed by atoms with van der Waals surface area (Å²) in [5.74, 6) is 1.01. The molecule has 0 aromatic rings. The molecule has 2 aliphatic rings. The lowest BCUT2D eigenvalue weighted by molar-refractivity contribution is -0.129. The van der Waals surface area contributed by atoms with Crippen LogP contribution < -0.4 is 0 Å². The summed E-state index contributed by atoms with van der Waals surface area (Å²) in [4.78, 5) is 12.5. The molecule has 0 amide bonds. The number of aliphatic hydroxyl groups is 1. The van der Waals surface area contributed by atoms with Gasteiger partial charge in [-0.15, -0.1) is 0 Å².